The number of benzene rings is 1. The van der Waals surface area contributed by atoms with Gasteiger partial charge >= 0.3 is 0 Å². The first-order valence-corrected chi connectivity index (χ1v) is 6.82. The van der Waals surface area contributed by atoms with E-state index in [0.717, 1.165) is 11.1 Å². The number of hydrogen-bond acceptors (Lipinski definition) is 5. The molecule has 2 heterocycles. The Morgan fingerprint density at radius 1 is 1.14 bits per heavy atom. The Morgan fingerprint density at radius 3 is 2.67 bits per heavy atom. The molecule has 0 saturated carbocycles. The molecule has 0 fully saturated rings. The van der Waals surface area contributed by atoms with Crippen LogP contribution >= 0.6 is 23.2 Å². The van der Waals surface area contributed by atoms with Crippen molar-refractivity contribution in [1.82, 2.24) is 15.1 Å². The van der Waals surface area contributed by atoms with Gasteiger partial charge in [-0.25, -0.2) is 0 Å². The number of pyridine rings is 1. The predicted molar refractivity (Wildman–Crippen MR) is 82.1 cm³/mol. The van der Waals surface area contributed by atoms with E-state index in [2.05, 4.69) is 15.1 Å². The highest BCUT2D eigenvalue weighted by Crippen LogP contribution is 2.37. The van der Waals surface area contributed by atoms with E-state index < -0.39 is 0 Å². The third-order valence-electron chi connectivity index (χ3n) is 3.06. The van der Waals surface area contributed by atoms with Gasteiger partial charge in [-0.05, 0) is 30.7 Å². The Hall–Kier alpha value is -2.11. The van der Waals surface area contributed by atoms with Gasteiger partial charge in [-0.1, -0.05) is 28.4 Å². The van der Waals surface area contributed by atoms with E-state index in [0.29, 0.717) is 27.1 Å². The molecule has 5 nitrogen and oxygen atoms in total. The first-order valence-electron chi connectivity index (χ1n) is 6.06. The number of aryl methyl sites for hydroxylation is 1. The summed E-state index contributed by atoms with van der Waals surface area (Å²) in [5, 5.41) is 4.73. The van der Waals surface area contributed by atoms with Gasteiger partial charge in [-0.2, -0.15) is 4.98 Å². The number of aromatic nitrogens is 3. The molecule has 0 radical (unpaired) electrons. The number of anilines is 1. The summed E-state index contributed by atoms with van der Waals surface area (Å²) in [5.74, 6) is 0.643. The molecule has 2 aromatic heterocycles. The predicted octanol–water partition coefficient (Wildman–Crippen LogP) is 4.00. The second kappa shape index (κ2) is 5.35. The van der Waals surface area contributed by atoms with Crippen molar-refractivity contribution in [2.24, 2.45) is 0 Å². The Bertz CT molecular complexity index is 816. The molecule has 0 aliphatic carbocycles. The van der Waals surface area contributed by atoms with E-state index in [1.807, 2.05) is 13.0 Å². The smallest absolute Gasteiger partial charge is 0.261 e. The van der Waals surface area contributed by atoms with Crippen molar-refractivity contribution in [2.75, 3.05) is 5.73 Å². The van der Waals surface area contributed by atoms with Gasteiger partial charge < -0.3 is 10.3 Å². The number of nitrogens with two attached hydrogens (primary N) is 1. The van der Waals surface area contributed by atoms with Gasteiger partial charge in [0, 0.05) is 18.0 Å². The van der Waals surface area contributed by atoms with Crippen LogP contribution in [0.1, 0.15) is 5.56 Å². The van der Waals surface area contributed by atoms with Gasteiger partial charge in [-0.15, -0.1) is 0 Å². The van der Waals surface area contributed by atoms with Crippen LogP contribution in [0.5, 0.6) is 0 Å². The summed E-state index contributed by atoms with van der Waals surface area (Å²) in [7, 11) is 0. The maximum absolute atomic E-state index is 6.14. The van der Waals surface area contributed by atoms with E-state index >= 15 is 0 Å². The molecule has 2 N–H and O–H groups in total. The van der Waals surface area contributed by atoms with Gasteiger partial charge in [0.1, 0.15) is 0 Å². The van der Waals surface area contributed by atoms with Crippen LogP contribution < -0.4 is 5.73 Å². The van der Waals surface area contributed by atoms with Crippen LogP contribution in [0.4, 0.5) is 5.69 Å². The van der Waals surface area contributed by atoms with Crippen LogP contribution in [0.3, 0.4) is 0 Å². The van der Waals surface area contributed by atoms with Crippen molar-refractivity contribution in [1.29, 1.82) is 0 Å². The summed E-state index contributed by atoms with van der Waals surface area (Å²) in [5.41, 5.74) is 8.45. The molecule has 0 bridgehead atoms. The van der Waals surface area contributed by atoms with Gasteiger partial charge in [0.15, 0.2) is 0 Å². The summed E-state index contributed by atoms with van der Waals surface area (Å²) in [6.07, 6.45) is 3.37. The number of nitrogens with zero attached hydrogens (tertiary/aromatic N) is 3. The normalized spacial score (nSPS) is 10.8. The number of rotatable bonds is 2. The fraction of sp³-hybridized carbons (Fsp3) is 0.0714. The van der Waals surface area contributed by atoms with E-state index in [1.54, 1.807) is 24.5 Å². The molecule has 0 amide bonds. The average molecular weight is 321 g/mol. The molecule has 0 atom stereocenters. The zero-order valence-corrected chi connectivity index (χ0v) is 12.5. The number of halogens is 2. The molecule has 0 aliphatic heterocycles. The molecule has 0 spiro atoms. The summed E-state index contributed by atoms with van der Waals surface area (Å²) in [4.78, 5) is 8.39. The molecule has 0 unspecified atom stereocenters. The minimum atomic E-state index is 0.221. The van der Waals surface area contributed by atoms with Crippen molar-refractivity contribution in [3.8, 4) is 22.8 Å². The van der Waals surface area contributed by atoms with E-state index in [1.165, 1.54) is 0 Å². The van der Waals surface area contributed by atoms with Crippen molar-refractivity contribution < 1.29 is 4.52 Å². The molecular formula is C14H10Cl2N4O. The topological polar surface area (TPSA) is 77.8 Å². The van der Waals surface area contributed by atoms with Crippen LogP contribution in [0.2, 0.25) is 10.0 Å². The molecule has 1 aromatic carbocycles. The van der Waals surface area contributed by atoms with Gasteiger partial charge in [0.05, 0.1) is 21.3 Å². The minimum Gasteiger partial charge on any atom is -0.397 e. The van der Waals surface area contributed by atoms with E-state index in [-0.39, 0.29) is 5.89 Å². The summed E-state index contributed by atoms with van der Waals surface area (Å²) >= 11 is 12.1. The van der Waals surface area contributed by atoms with Crippen molar-refractivity contribution >= 4 is 28.9 Å². The highest BCUT2D eigenvalue weighted by atomic mass is 35.5. The third kappa shape index (κ3) is 2.46. The van der Waals surface area contributed by atoms with Crippen LogP contribution in [0, 0.1) is 6.92 Å². The first-order chi connectivity index (χ1) is 10.1. The lowest BCUT2D eigenvalue weighted by Crippen LogP contribution is -1.93. The fourth-order valence-corrected chi connectivity index (χ4v) is 2.32. The summed E-state index contributed by atoms with van der Waals surface area (Å²) in [6.45, 7) is 1.94. The lowest BCUT2D eigenvalue weighted by Gasteiger charge is -2.04. The summed E-state index contributed by atoms with van der Waals surface area (Å²) in [6, 6.07) is 5.12. The third-order valence-corrected chi connectivity index (χ3v) is 3.71. The SMILES string of the molecule is Cc1ccncc1-c1noc(-c2c(Cl)ccc(Cl)c2N)n1. The minimum absolute atomic E-state index is 0.221. The van der Waals surface area contributed by atoms with Gasteiger partial charge in [0.25, 0.3) is 5.89 Å². The standard InChI is InChI=1S/C14H10Cl2N4O/c1-7-4-5-18-6-8(7)13-19-14(21-20-13)11-9(15)2-3-10(16)12(11)17/h2-6H,17H2,1H3. The number of hydrogen-bond donors (Lipinski definition) is 1. The Kier molecular flexibility index (Phi) is 3.53. The molecular weight excluding hydrogens is 311 g/mol. The Labute approximate surface area is 130 Å². The van der Waals surface area contributed by atoms with Crippen LogP contribution in [0.15, 0.2) is 35.1 Å². The monoisotopic (exact) mass is 320 g/mol. The Morgan fingerprint density at radius 2 is 1.90 bits per heavy atom. The van der Waals surface area contributed by atoms with Gasteiger partial charge in [-0.3, -0.25) is 4.98 Å². The zero-order valence-electron chi connectivity index (χ0n) is 11.0. The lowest BCUT2D eigenvalue weighted by atomic mass is 10.1. The van der Waals surface area contributed by atoms with Crippen LogP contribution in [-0.4, -0.2) is 15.1 Å². The first kappa shape index (κ1) is 13.9. The molecule has 7 heteroatoms. The Balaban J connectivity index is 2.12. The second-order valence-corrected chi connectivity index (χ2v) is 5.25. The number of nitrogen functional groups attached to an aromatic ring is 1. The fourth-order valence-electron chi connectivity index (χ4n) is 1.92. The molecule has 0 aliphatic rings. The highest BCUT2D eigenvalue weighted by Gasteiger charge is 2.18. The second-order valence-electron chi connectivity index (χ2n) is 4.43. The molecule has 0 saturated heterocycles. The largest absolute Gasteiger partial charge is 0.397 e. The zero-order chi connectivity index (χ0) is 15.0. The maximum atomic E-state index is 6.14. The van der Waals surface area contributed by atoms with Crippen molar-refractivity contribution in [2.45, 2.75) is 6.92 Å². The van der Waals surface area contributed by atoms with Crippen molar-refractivity contribution in [3.63, 3.8) is 0 Å². The lowest BCUT2D eigenvalue weighted by molar-refractivity contribution is 0.432. The van der Waals surface area contributed by atoms with Crippen LogP contribution in [-0.2, 0) is 0 Å². The quantitative estimate of drug-likeness (QED) is 0.722. The molecule has 3 aromatic rings. The maximum Gasteiger partial charge on any atom is 0.261 e. The van der Waals surface area contributed by atoms with Gasteiger partial charge in [0.2, 0.25) is 5.82 Å². The summed E-state index contributed by atoms with van der Waals surface area (Å²) < 4.78 is 5.26. The van der Waals surface area contributed by atoms with Crippen LogP contribution in [0.25, 0.3) is 22.8 Å². The highest BCUT2D eigenvalue weighted by molar-refractivity contribution is 6.37. The average Bonchev–Trinajstić information content (AvgIpc) is 2.93. The molecule has 3 rings (SSSR count). The van der Waals surface area contributed by atoms with E-state index in [9.17, 15) is 0 Å². The molecule has 21 heavy (non-hydrogen) atoms. The van der Waals surface area contributed by atoms with Crippen molar-refractivity contribution in [3.05, 3.63) is 46.2 Å². The van der Waals surface area contributed by atoms with E-state index in [4.69, 9.17) is 33.5 Å². The molecule has 106 valence electrons.